The predicted molar refractivity (Wildman–Crippen MR) is 84.3 cm³/mol. The smallest absolute Gasteiger partial charge is 0.419 e. The highest BCUT2D eigenvalue weighted by Gasteiger charge is 2.37. The molecular weight excluding hydrogens is 300 g/mol. The Balaban J connectivity index is 2.19. The van der Waals surface area contributed by atoms with E-state index in [1.807, 2.05) is 0 Å². The lowest BCUT2D eigenvalue weighted by atomic mass is 10.2. The van der Waals surface area contributed by atoms with Crippen molar-refractivity contribution in [2.75, 3.05) is 16.8 Å². The number of allylic oxidation sites excluding steroid dienone is 1. The van der Waals surface area contributed by atoms with Crippen LogP contribution in [-0.4, -0.2) is 36.2 Å². The third-order valence-corrected chi connectivity index (χ3v) is 3.55. The monoisotopic (exact) mass is 318 g/mol. The Bertz CT molecular complexity index is 653. The Morgan fingerprint density at radius 1 is 1.35 bits per heavy atom. The molecule has 1 heterocycles. The number of carboxylic acid groups (broad SMARTS) is 1. The van der Waals surface area contributed by atoms with E-state index in [1.54, 1.807) is 38.2 Å². The van der Waals surface area contributed by atoms with E-state index in [0.717, 1.165) is 0 Å². The summed E-state index contributed by atoms with van der Waals surface area (Å²) in [6, 6.07) is 5.62. The van der Waals surface area contributed by atoms with Gasteiger partial charge in [0.1, 0.15) is 6.04 Å². The summed E-state index contributed by atoms with van der Waals surface area (Å²) in [7, 11) is 1.54. The molecule has 122 valence electrons. The summed E-state index contributed by atoms with van der Waals surface area (Å²) in [5.41, 5.74) is 1.05. The number of ether oxygens (including phenoxy) is 1. The lowest BCUT2D eigenvalue weighted by Gasteiger charge is -2.23. The van der Waals surface area contributed by atoms with E-state index < -0.39 is 18.1 Å². The highest BCUT2D eigenvalue weighted by Crippen LogP contribution is 2.28. The fourth-order valence-electron chi connectivity index (χ4n) is 2.40. The Labute approximate surface area is 133 Å². The summed E-state index contributed by atoms with van der Waals surface area (Å²) in [6.07, 6.45) is -0.0736. The molecule has 1 aromatic carbocycles. The van der Waals surface area contributed by atoms with Gasteiger partial charge in [0.25, 0.3) is 0 Å². The molecule has 1 fully saturated rings. The van der Waals surface area contributed by atoms with Crippen molar-refractivity contribution in [2.24, 2.45) is 0 Å². The maximum atomic E-state index is 11.9. The van der Waals surface area contributed by atoms with E-state index >= 15 is 0 Å². The second-order valence-electron chi connectivity index (χ2n) is 5.30. The number of aliphatic carboxylic acids is 1. The summed E-state index contributed by atoms with van der Waals surface area (Å²) < 4.78 is 4.91. The molecule has 7 nitrogen and oxygen atoms in total. The van der Waals surface area contributed by atoms with Gasteiger partial charge in [-0.2, -0.15) is 0 Å². The predicted octanol–water partition coefficient (Wildman–Crippen LogP) is 2.37. The molecule has 0 bridgehead atoms. The second kappa shape index (κ2) is 6.51. The highest BCUT2D eigenvalue weighted by atomic mass is 16.6. The molecule has 23 heavy (non-hydrogen) atoms. The van der Waals surface area contributed by atoms with Crippen molar-refractivity contribution in [2.45, 2.75) is 25.8 Å². The van der Waals surface area contributed by atoms with Crippen molar-refractivity contribution in [1.29, 1.82) is 0 Å². The summed E-state index contributed by atoms with van der Waals surface area (Å²) in [5.74, 6) is -0.965. The zero-order valence-corrected chi connectivity index (χ0v) is 13.0. The van der Waals surface area contributed by atoms with Crippen molar-refractivity contribution in [1.82, 2.24) is 0 Å². The molecule has 7 heteroatoms. The fraction of sp³-hybridized carbons (Fsp3) is 0.312. The molecule has 0 saturated carbocycles. The molecule has 1 aliphatic heterocycles. The first kappa shape index (κ1) is 16.5. The van der Waals surface area contributed by atoms with Gasteiger partial charge < -0.3 is 9.84 Å². The maximum Gasteiger partial charge on any atom is 0.419 e. The zero-order chi connectivity index (χ0) is 17.1. The van der Waals surface area contributed by atoms with Gasteiger partial charge in [0.15, 0.2) is 0 Å². The summed E-state index contributed by atoms with van der Waals surface area (Å²) in [5, 5.41) is 9.19. The van der Waals surface area contributed by atoms with Crippen molar-refractivity contribution < 1.29 is 24.2 Å². The molecule has 1 aromatic rings. The average molecular weight is 318 g/mol. The van der Waals surface area contributed by atoms with Gasteiger partial charge in [-0.25, -0.2) is 9.59 Å². The number of amides is 2. The van der Waals surface area contributed by atoms with Crippen molar-refractivity contribution in [3.8, 4) is 0 Å². The van der Waals surface area contributed by atoms with Crippen LogP contribution in [0, 0.1) is 0 Å². The molecule has 2 amide bonds. The van der Waals surface area contributed by atoms with Gasteiger partial charge in [-0.05, 0) is 37.6 Å². The summed E-state index contributed by atoms with van der Waals surface area (Å²) >= 11 is 0. The number of nitrogens with zero attached hydrogens (tertiary/aromatic N) is 2. The number of carbonyl (C=O) groups is 3. The third-order valence-electron chi connectivity index (χ3n) is 3.55. The van der Waals surface area contributed by atoms with Gasteiger partial charge >= 0.3 is 12.1 Å². The molecule has 0 aliphatic carbocycles. The van der Waals surface area contributed by atoms with Crippen LogP contribution in [0.3, 0.4) is 0 Å². The zero-order valence-electron chi connectivity index (χ0n) is 13.0. The number of carboxylic acids is 1. The van der Waals surface area contributed by atoms with Gasteiger partial charge in [-0.3, -0.25) is 14.6 Å². The molecule has 0 radical (unpaired) electrons. The fourth-order valence-corrected chi connectivity index (χ4v) is 2.40. The Morgan fingerprint density at radius 2 is 1.96 bits per heavy atom. The minimum atomic E-state index is -1.03. The van der Waals surface area contributed by atoms with E-state index in [2.05, 4.69) is 6.58 Å². The van der Waals surface area contributed by atoms with Gasteiger partial charge in [-0.1, -0.05) is 6.58 Å². The van der Waals surface area contributed by atoms with Crippen LogP contribution in [0.25, 0.3) is 0 Å². The molecule has 1 N–H and O–H groups in total. The second-order valence-corrected chi connectivity index (χ2v) is 5.30. The van der Waals surface area contributed by atoms with Crippen LogP contribution >= 0.6 is 0 Å². The van der Waals surface area contributed by atoms with Crippen LogP contribution in [0.15, 0.2) is 36.6 Å². The summed E-state index contributed by atoms with van der Waals surface area (Å²) in [6.45, 7) is 5.07. The molecular formula is C16H18N2O5. The lowest BCUT2D eigenvalue weighted by molar-refractivity contribution is -0.138. The molecule has 1 aliphatic rings. The molecule has 0 spiro atoms. The van der Waals surface area contributed by atoms with Gasteiger partial charge in [0.2, 0.25) is 5.91 Å². The van der Waals surface area contributed by atoms with Crippen LogP contribution < -0.4 is 9.80 Å². The normalized spacial score (nSPS) is 17.0. The van der Waals surface area contributed by atoms with Crippen molar-refractivity contribution in [3.63, 3.8) is 0 Å². The average Bonchev–Trinajstić information content (AvgIpc) is 2.88. The third kappa shape index (κ3) is 3.50. The van der Waals surface area contributed by atoms with Crippen LogP contribution in [-0.2, 0) is 14.3 Å². The molecule has 0 unspecified atom stereocenters. The summed E-state index contributed by atoms with van der Waals surface area (Å²) in [4.78, 5) is 37.5. The van der Waals surface area contributed by atoms with E-state index in [4.69, 9.17) is 4.74 Å². The first-order valence-electron chi connectivity index (χ1n) is 7.07. The highest BCUT2D eigenvalue weighted by molar-refractivity contribution is 6.02. The standard InChI is InChI=1S/C16H18N2O5/c1-10(2)23-16(22)17(3)11-4-6-12(7-5-11)18-13(15(20)21)8-9-14(18)19/h4-7,13H,1,8-9H2,2-3H3,(H,20,21)/t13-/m0/s1. The number of carbonyl (C=O) groups excluding carboxylic acids is 2. The molecule has 0 aromatic heterocycles. The Hall–Kier alpha value is -2.83. The quantitative estimate of drug-likeness (QED) is 0.861. The lowest BCUT2D eigenvalue weighted by Crippen LogP contribution is -2.38. The maximum absolute atomic E-state index is 11.9. The number of hydrogen-bond donors (Lipinski definition) is 1. The van der Waals surface area contributed by atoms with Crippen molar-refractivity contribution in [3.05, 3.63) is 36.6 Å². The Kier molecular flexibility index (Phi) is 4.68. The van der Waals surface area contributed by atoms with Crippen LogP contribution in [0.2, 0.25) is 0 Å². The van der Waals surface area contributed by atoms with Crippen LogP contribution in [0.4, 0.5) is 16.2 Å². The van der Waals surface area contributed by atoms with E-state index in [-0.39, 0.29) is 18.1 Å². The van der Waals surface area contributed by atoms with Crippen molar-refractivity contribution >= 4 is 29.3 Å². The van der Waals surface area contributed by atoms with Gasteiger partial charge in [-0.15, -0.1) is 0 Å². The minimum absolute atomic E-state index is 0.212. The van der Waals surface area contributed by atoms with E-state index in [1.165, 1.54) is 9.80 Å². The first-order valence-corrected chi connectivity index (χ1v) is 7.07. The van der Waals surface area contributed by atoms with Gasteiger partial charge in [0, 0.05) is 24.8 Å². The molecule has 1 atom stereocenters. The van der Waals surface area contributed by atoms with Crippen LogP contribution in [0.1, 0.15) is 19.8 Å². The van der Waals surface area contributed by atoms with E-state index in [9.17, 15) is 19.5 Å². The first-order chi connectivity index (χ1) is 10.8. The van der Waals surface area contributed by atoms with Gasteiger partial charge in [0.05, 0.1) is 5.76 Å². The number of rotatable bonds is 4. The SMILES string of the molecule is C=C(C)OC(=O)N(C)c1ccc(N2C(=O)CC[C@H]2C(=O)O)cc1. The Morgan fingerprint density at radius 3 is 2.48 bits per heavy atom. The largest absolute Gasteiger partial charge is 0.480 e. The van der Waals surface area contributed by atoms with Crippen LogP contribution in [0.5, 0.6) is 0 Å². The topological polar surface area (TPSA) is 87.2 Å². The molecule has 2 rings (SSSR count). The number of hydrogen-bond acceptors (Lipinski definition) is 4. The van der Waals surface area contributed by atoms with E-state index in [0.29, 0.717) is 17.8 Å². The minimum Gasteiger partial charge on any atom is -0.480 e. The number of benzene rings is 1. The molecule has 1 saturated heterocycles. The number of anilines is 2.